The summed E-state index contributed by atoms with van der Waals surface area (Å²) in [5.41, 5.74) is 0. The number of likely N-dealkylation sites (tertiary alicyclic amines) is 1. The summed E-state index contributed by atoms with van der Waals surface area (Å²) in [7, 11) is 0. The lowest BCUT2D eigenvalue weighted by Crippen LogP contribution is -2.58. The van der Waals surface area contributed by atoms with Gasteiger partial charge in [0.1, 0.15) is 6.71 Å². The summed E-state index contributed by atoms with van der Waals surface area (Å²) in [6, 6.07) is 1.56. The maximum Gasteiger partial charge on any atom is 0.146 e. The lowest BCUT2D eigenvalue weighted by atomic mass is 9.33. The van der Waals surface area contributed by atoms with E-state index in [4.69, 9.17) is 0 Å². The van der Waals surface area contributed by atoms with Crippen molar-refractivity contribution in [3.63, 3.8) is 0 Å². The van der Waals surface area contributed by atoms with Crippen LogP contribution in [-0.2, 0) is 0 Å². The Hall–Kier alpha value is 0.0249. The second-order valence-corrected chi connectivity index (χ2v) is 5.53. The van der Waals surface area contributed by atoms with E-state index >= 15 is 0 Å². The van der Waals surface area contributed by atoms with Crippen LogP contribution >= 0.6 is 0 Å². The summed E-state index contributed by atoms with van der Waals surface area (Å²) in [4.78, 5) is 2.64. The lowest BCUT2D eigenvalue weighted by molar-refractivity contribution is 0.0672. The first kappa shape index (κ1) is 13.1. The van der Waals surface area contributed by atoms with Gasteiger partial charge in [0.2, 0.25) is 0 Å². The smallest absolute Gasteiger partial charge is 0.146 e. The van der Waals surface area contributed by atoms with Gasteiger partial charge in [0.15, 0.2) is 0 Å². The molecule has 1 rings (SSSR count). The van der Waals surface area contributed by atoms with Crippen LogP contribution in [0.3, 0.4) is 0 Å². The fourth-order valence-electron chi connectivity index (χ4n) is 3.21. The number of hydrogen-bond acceptors (Lipinski definition) is 1. The Kier molecular flexibility index (Phi) is 5.18. The zero-order valence-corrected chi connectivity index (χ0v) is 11.3. The molecule has 1 aliphatic heterocycles. The Bertz CT molecular complexity index is 175. The molecule has 1 aliphatic rings. The van der Waals surface area contributed by atoms with Crippen LogP contribution in [0, 0.1) is 0 Å². The van der Waals surface area contributed by atoms with Crippen molar-refractivity contribution in [1.29, 1.82) is 0 Å². The third-order valence-electron chi connectivity index (χ3n) is 4.15. The molecule has 2 heteroatoms. The normalized spacial score (nSPS) is 26.8. The van der Waals surface area contributed by atoms with Gasteiger partial charge in [0, 0.05) is 12.1 Å². The average Bonchev–Trinajstić information content (AvgIpc) is 2.15. The van der Waals surface area contributed by atoms with Gasteiger partial charge in [-0.1, -0.05) is 39.3 Å². The molecular formula is C13H28BN. The highest BCUT2D eigenvalue weighted by molar-refractivity contribution is 6.61. The van der Waals surface area contributed by atoms with Gasteiger partial charge in [-0.2, -0.15) is 0 Å². The van der Waals surface area contributed by atoms with E-state index in [1.54, 1.807) is 0 Å². The molecule has 0 spiro atoms. The molecule has 0 saturated carbocycles. The Morgan fingerprint density at radius 2 is 1.73 bits per heavy atom. The van der Waals surface area contributed by atoms with Gasteiger partial charge in [-0.25, -0.2) is 0 Å². The maximum atomic E-state index is 2.64. The number of rotatable bonds is 6. The van der Waals surface area contributed by atoms with E-state index in [0.717, 1.165) is 24.6 Å². The van der Waals surface area contributed by atoms with Crippen molar-refractivity contribution in [3.8, 4) is 0 Å². The van der Waals surface area contributed by atoms with E-state index < -0.39 is 0 Å². The van der Waals surface area contributed by atoms with Crippen LogP contribution in [0.25, 0.3) is 0 Å². The zero-order valence-electron chi connectivity index (χ0n) is 11.3. The molecule has 1 heterocycles. The van der Waals surface area contributed by atoms with Crippen molar-refractivity contribution >= 4 is 6.71 Å². The molecular weight excluding hydrogens is 181 g/mol. The van der Waals surface area contributed by atoms with Gasteiger partial charge in [0.25, 0.3) is 0 Å². The fourth-order valence-corrected chi connectivity index (χ4v) is 3.21. The van der Waals surface area contributed by atoms with Crippen LogP contribution in [0.15, 0.2) is 0 Å². The van der Waals surface area contributed by atoms with E-state index in [1.807, 2.05) is 0 Å². The highest BCUT2D eigenvalue weighted by Gasteiger charge is 2.41. The van der Waals surface area contributed by atoms with Crippen molar-refractivity contribution in [2.24, 2.45) is 0 Å². The van der Waals surface area contributed by atoms with Gasteiger partial charge >= 0.3 is 0 Å². The summed E-state index contributed by atoms with van der Waals surface area (Å²) >= 11 is 0. The number of hydrogen-bond donors (Lipinski definition) is 0. The molecule has 15 heavy (non-hydrogen) atoms. The van der Waals surface area contributed by atoms with Gasteiger partial charge in [-0.05, 0) is 33.1 Å². The van der Waals surface area contributed by atoms with E-state index in [1.165, 1.54) is 32.0 Å². The first-order chi connectivity index (χ1) is 7.11. The van der Waals surface area contributed by atoms with E-state index in [-0.39, 0.29) is 0 Å². The Morgan fingerprint density at radius 1 is 1.20 bits per heavy atom. The summed E-state index contributed by atoms with van der Waals surface area (Å²) in [6.07, 6.45) is 5.59. The fraction of sp³-hybridized carbons (Fsp3) is 1.00. The van der Waals surface area contributed by atoms with Gasteiger partial charge in [-0.3, -0.25) is 4.90 Å². The first-order valence-corrected chi connectivity index (χ1v) is 6.87. The van der Waals surface area contributed by atoms with Crippen LogP contribution in [0.4, 0.5) is 0 Å². The SMILES string of the molecule is CCCB(CCC)C1CN(C(C)C)C1C. The molecule has 0 amide bonds. The maximum absolute atomic E-state index is 2.64. The van der Waals surface area contributed by atoms with Gasteiger partial charge < -0.3 is 0 Å². The third-order valence-corrected chi connectivity index (χ3v) is 4.15. The predicted molar refractivity (Wildman–Crippen MR) is 71.0 cm³/mol. The Morgan fingerprint density at radius 3 is 2.07 bits per heavy atom. The topological polar surface area (TPSA) is 3.24 Å². The molecule has 1 nitrogen and oxygen atoms in total. The zero-order chi connectivity index (χ0) is 11.4. The second-order valence-electron chi connectivity index (χ2n) is 5.53. The van der Waals surface area contributed by atoms with Crippen LogP contribution in [0.2, 0.25) is 18.5 Å². The highest BCUT2D eigenvalue weighted by Crippen LogP contribution is 2.37. The predicted octanol–water partition coefficient (Wildman–Crippen LogP) is 3.78. The van der Waals surface area contributed by atoms with Crippen LogP contribution in [0.1, 0.15) is 47.5 Å². The lowest BCUT2D eigenvalue weighted by Gasteiger charge is -2.51. The Labute approximate surface area is 96.7 Å². The first-order valence-electron chi connectivity index (χ1n) is 6.87. The van der Waals surface area contributed by atoms with Crippen LogP contribution < -0.4 is 0 Å². The van der Waals surface area contributed by atoms with Crippen LogP contribution in [0.5, 0.6) is 0 Å². The molecule has 0 aliphatic carbocycles. The quantitative estimate of drug-likeness (QED) is 0.601. The molecule has 2 unspecified atom stereocenters. The summed E-state index contributed by atoms with van der Waals surface area (Å²) in [6.45, 7) is 14.1. The molecule has 1 saturated heterocycles. The van der Waals surface area contributed by atoms with Gasteiger partial charge in [-0.15, -0.1) is 0 Å². The Balaban J connectivity index is 2.43. The third kappa shape index (κ3) is 2.99. The monoisotopic (exact) mass is 209 g/mol. The van der Waals surface area contributed by atoms with Crippen molar-refractivity contribution in [3.05, 3.63) is 0 Å². The molecule has 0 N–H and O–H groups in total. The second kappa shape index (κ2) is 5.93. The minimum atomic E-state index is 0.736. The number of nitrogens with zero attached hydrogens (tertiary/aromatic N) is 1. The summed E-state index contributed by atoms with van der Waals surface area (Å²) < 4.78 is 0. The molecule has 2 atom stereocenters. The molecule has 0 aromatic rings. The van der Waals surface area contributed by atoms with Crippen molar-refractivity contribution in [1.82, 2.24) is 4.90 Å². The molecule has 0 aromatic carbocycles. The molecule has 1 fully saturated rings. The molecule has 88 valence electrons. The minimum Gasteiger partial charge on any atom is -0.299 e. The minimum absolute atomic E-state index is 0.736. The molecule has 0 aromatic heterocycles. The van der Waals surface area contributed by atoms with Gasteiger partial charge in [0.05, 0.1) is 0 Å². The van der Waals surface area contributed by atoms with Crippen LogP contribution in [-0.4, -0.2) is 30.2 Å². The van der Waals surface area contributed by atoms with Crippen molar-refractivity contribution < 1.29 is 0 Å². The van der Waals surface area contributed by atoms with Crippen molar-refractivity contribution in [2.75, 3.05) is 6.54 Å². The summed E-state index contributed by atoms with van der Waals surface area (Å²) in [5.74, 6) is 0.979. The van der Waals surface area contributed by atoms with E-state index in [2.05, 4.69) is 39.5 Å². The highest BCUT2D eigenvalue weighted by atomic mass is 15.2. The van der Waals surface area contributed by atoms with E-state index in [9.17, 15) is 0 Å². The molecule has 0 bridgehead atoms. The largest absolute Gasteiger partial charge is 0.299 e. The standard InChI is InChI=1S/C13H28BN/c1-6-8-14(9-7-2)13-10-15(11(3)4)12(13)5/h11-13H,6-10H2,1-5H3. The summed E-state index contributed by atoms with van der Waals surface area (Å²) in [5, 5.41) is 0. The average molecular weight is 209 g/mol. The van der Waals surface area contributed by atoms with Crippen molar-refractivity contribution in [2.45, 2.75) is 78.0 Å². The molecule has 0 radical (unpaired) electrons. The van der Waals surface area contributed by atoms with E-state index in [0.29, 0.717) is 0 Å².